The molecule has 0 spiro atoms. The Morgan fingerprint density at radius 3 is 2.56 bits per heavy atom. The number of aromatic amines is 1. The Labute approximate surface area is 112 Å². The Kier molecular flexibility index (Phi) is 3.41. The summed E-state index contributed by atoms with van der Waals surface area (Å²) in [6.07, 6.45) is 1.31. The van der Waals surface area contributed by atoms with Crippen molar-refractivity contribution in [3.05, 3.63) is 56.4 Å². The fraction of sp³-hybridized carbons (Fsp3) is 0. The predicted molar refractivity (Wildman–Crippen MR) is 69.5 cm³/mol. The molecule has 18 heavy (non-hydrogen) atoms. The van der Waals surface area contributed by atoms with Gasteiger partial charge >= 0.3 is 5.97 Å². The Morgan fingerprint density at radius 1 is 1.17 bits per heavy atom. The van der Waals surface area contributed by atoms with Crippen LogP contribution >= 0.6 is 23.2 Å². The molecule has 0 bridgehead atoms. The highest BCUT2D eigenvalue weighted by Gasteiger charge is 2.15. The molecule has 0 aliphatic carbocycles. The second-order valence-corrected chi connectivity index (χ2v) is 4.40. The third kappa shape index (κ3) is 2.39. The molecule has 0 aliphatic rings. The van der Waals surface area contributed by atoms with Crippen LogP contribution in [0.25, 0.3) is 11.1 Å². The molecule has 0 atom stereocenters. The van der Waals surface area contributed by atoms with Crippen molar-refractivity contribution in [2.75, 3.05) is 0 Å². The molecule has 92 valence electrons. The first-order chi connectivity index (χ1) is 8.49. The molecule has 0 amide bonds. The molecular weight excluding hydrogens is 277 g/mol. The third-order valence-corrected chi connectivity index (χ3v) is 2.94. The van der Waals surface area contributed by atoms with Gasteiger partial charge in [0.05, 0.1) is 5.56 Å². The maximum absolute atomic E-state index is 11.2. The zero-order chi connectivity index (χ0) is 13.3. The lowest BCUT2D eigenvalue weighted by molar-refractivity contribution is 0.0697. The number of carbonyl (C=O) groups is 1. The number of nitrogens with one attached hydrogen (secondary N) is 1. The Bertz CT molecular complexity index is 679. The summed E-state index contributed by atoms with van der Waals surface area (Å²) < 4.78 is 0. The van der Waals surface area contributed by atoms with E-state index in [0.29, 0.717) is 21.2 Å². The molecule has 0 fully saturated rings. The number of rotatable bonds is 2. The van der Waals surface area contributed by atoms with Crippen LogP contribution in [-0.2, 0) is 0 Å². The Morgan fingerprint density at radius 2 is 1.89 bits per heavy atom. The fourth-order valence-electron chi connectivity index (χ4n) is 1.58. The smallest absolute Gasteiger partial charge is 0.336 e. The highest BCUT2D eigenvalue weighted by atomic mass is 35.5. The number of hydrogen-bond acceptors (Lipinski definition) is 2. The predicted octanol–water partition coefficient (Wildman–Crippen LogP) is 3.05. The topological polar surface area (TPSA) is 70.2 Å². The normalized spacial score (nSPS) is 10.3. The summed E-state index contributed by atoms with van der Waals surface area (Å²) in [5, 5.41) is 9.87. The molecule has 0 saturated heterocycles. The van der Waals surface area contributed by atoms with Crippen LogP contribution < -0.4 is 5.56 Å². The van der Waals surface area contributed by atoms with E-state index in [9.17, 15) is 9.59 Å². The van der Waals surface area contributed by atoms with E-state index in [-0.39, 0.29) is 5.56 Å². The second-order valence-electron chi connectivity index (χ2n) is 3.55. The summed E-state index contributed by atoms with van der Waals surface area (Å²) in [6, 6.07) is 5.72. The van der Waals surface area contributed by atoms with Gasteiger partial charge in [-0.15, -0.1) is 0 Å². The van der Waals surface area contributed by atoms with E-state index in [2.05, 4.69) is 4.98 Å². The SMILES string of the molecule is O=C(O)c1cc(=O)[nH]cc1-c1cc(Cl)ccc1Cl. The van der Waals surface area contributed by atoms with Crippen molar-refractivity contribution < 1.29 is 9.90 Å². The molecule has 6 heteroatoms. The summed E-state index contributed by atoms with van der Waals surface area (Å²) >= 11 is 11.9. The van der Waals surface area contributed by atoms with Gasteiger partial charge in [-0.25, -0.2) is 4.79 Å². The van der Waals surface area contributed by atoms with Crippen LogP contribution in [0.5, 0.6) is 0 Å². The van der Waals surface area contributed by atoms with Crippen molar-refractivity contribution >= 4 is 29.2 Å². The number of aromatic carboxylic acids is 1. The van der Waals surface area contributed by atoms with E-state index >= 15 is 0 Å². The number of pyridine rings is 1. The molecule has 2 N–H and O–H groups in total. The lowest BCUT2D eigenvalue weighted by Gasteiger charge is -2.08. The standard InChI is InChI=1S/C12H7Cl2NO3/c13-6-1-2-10(14)7(3-6)9-5-15-11(16)4-8(9)12(17)18/h1-5H,(H,15,16)(H,17,18). The lowest BCUT2D eigenvalue weighted by Crippen LogP contribution is -2.10. The van der Waals surface area contributed by atoms with Crippen molar-refractivity contribution in [3.8, 4) is 11.1 Å². The second kappa shape index (κ2) is 4.84. The first kappa shape index (κ1) is 12.7. The fourth-order valence-corrected chi connectivity index (χ4v) is 1.97. The lowest BCUT2D eigenvalue weighted by atomic mass is 10.0. The molecule has 2 rings (SSSR count). The van der Waals surface area contributed by atoms with Crippen LogP contribution in [0.3, 0.4) is 0 Å². The summed E-state index contributed by atoms with van der Waals surface area (Å²) in [5.41, 5.74) is 0.157. The van der Waals surface area contributed by atoms with E-state index in [1.807, 2.05) is 0 Å². The van der Waals surface area contributed by atoms with Crippen molar-refractivity contribution in [1.29, 1.82) is 0 Å². The van der Waals surface area contributed by atoms with Crippen molar-refractivity contribution in [2.24, 2.45) is 0 Å². The average molecular weight is 284 g/mol. The van der Waals surface area contributed by atoms with Crippen LogP contribution in [0, 0.1) is 0 Å². The minimum atomic E-state index is -1.20. The van der Waals surface area contributed by atoms with Gasteiger partial charge in [0.25, 0.3) is 0 Å². The van der Waals surface area contributed by atoms with Gasteiger partial charge in [0.15, 0.2) is 0 Å². The van der Waals surface area contributed by atoms with Crippen LogP contribution in [0.15, 0.2) is 35.3 Å². The number of aromatic nitrogens is 1. The zero-order valence-corrected chi connectivity index (χ0v) is 10.4. The van der Waals surface area contributed by atoms with E-state index in [1.165, 1.54) is 6.20 Å². The molecule has 0 radical (unpaired) electrons. The van der Waals surface area contributed by atoms with Gasteiger partial charge < -0.3 is 10.1 Å². The number of carboxylic acid groups (broad SMARTS) is 1. The maximum atomic E-state index is 11.2. The quantitative estimate of drug-likeness (QED) is 0.890. The molecule has 0 unspecified atom stereocenters. The molecule has 1 aromatic carbocycles. The summed E-state index contributed by atoms with van der Waals surface area (Å²) in [7, 11) is 0. The molecule has 0 aliphatic heterocycles. The Hall–Kier alpha value is -1.78. The molecule has 4 nitrogen and oxygen atoms in total. The van der Waals surface area contributed by atoms with Crippen LogP contribution in [0.4, 0.5) is 0 Å². The van der Waals surface area contributed by atoms with Gasteiger partial charge in [-0.1, -0.05) is 23.2 Å². The van der Waals surface area contributed by atoms with E-state index in [1.54, 1.807) is 18.2 Å². The van der Waals surface area contributed by atoms with Gasteiger partial charge in [0.1, 0.15) is 0 Å². The van der Waals surface area contributed by atoms with Crippen LogP contribution in [0.1, 0.15) is 10.4 Å². The monoisotopic (exact) mass is 283 g/mol. The minimum Gasteiger partial charge on any atom is -0.478 e. The number of halogens is 2. The summed E-state index contributed by atoms with van der Waals surface area (Å²) in [6.45, 7) is 0. The summed E-state index contributed by atoms with van der Waals surface area (Å²) in [4.78, 5) is 24.7. The largest absolute Gasteiger partial charge is 0.478 e. The molecular formula is C12H7Cl2NO3. The molecule has 2 aromatic rings. The number of hydrogen-bond donors (Lipinski definition) is 2. The zero-order valence-electron chi connectivity index (χ0n) is 8.91. The minimum absolute atomic E-state index is 0.122. The molecule has 1 heterocycles. The highest BCUT2D eigenvalue weighted by molar-refractivity contribution is 6.35. The van der Waals surface area contributed by atoms with Gasteiger partial charge in [-0.05, 0) is 18.2 Å². The van der Waals surface area contributed by atoms with Gasteiger partial charge in [0.2, 0.25) is 5.56 Å². The highest BCUT2D eigenvalue weighted by Crippen LogP contribution is 2.31. The number of carboxylic acids is 1. The number of H-pyrrole nitrogens is 1. The van der Waals surface area contributed by atoms with Crippen LogP contribution in [0.2, 0.25) is 10.0 Å². The Balaban J connectivity index is 2.74. The van der Waals surface area contributed by atoms with Crippen molar-refractivity contribution in [3.63, 3.8) is 0 Å². The van der Waals surface area contributed by atoms with Crippen LogP contribution in [-0.4, -0.2) is 16.1 Å². The first-order valence-electron chi connectivity index (χ1n) is 4.90. The molecule has 1 aromatic heterocycles. The van der Waals surface area contributed by atoms with Crippen molar-refractivity contribution in [1.82, 2.24) is 4.98 Å². The van der Waals surface area contributed by atoms with Crippen molar-refractivity contribution in [2.45, 2.75) is 0 Å². The molecule has 0 saturated carbocycles. The van der Waals surface area contributed by atoms with Gasteiger partial charge in [-0.2, -0.15) is 0 Å². The van der Waals surface area contributed by atoms with Gasteiger partial charge in [-0.3, -0.25) is 4.79 Å². The summed E-state index contributed by atoms with van der Waals surface area (Å²) in [5.74, 6) is -1.20. The third-order valence-electron chi connectivity index (χ3n) is 2.37. The van der Waals surface area contributed by atoms with E-state index in [0.717, 1.165) is 6.07 Å². The van der Waals surface area contributed by atoms with Gasteiger partial charge in [0, 0.05) is 33.4 Å². The van der Waals surface area contributed by atoms with E-state index in [4.69, 9.17) is 28.3 Å². The maximum Gasteiger partial charge on any atom is 0.336 e. The average Bonchev–Trinajstić information content (AvgIpc) is 2.32. The number of benzene rings is 1. The first-order valence-corrected chi connectivity index (χ1v) is 5.66. The van der Waals surface area contributed by atoms with E-state index < -0.39 is 11.5 Å².